The molecule has 4 nitrogen and oxygen atoms in total. The van der Waals surface area contributed by atoms with Crippen LogP contribution in [0.25, 0.3) is 0 Å². The molecule has 0 saturated carbocycles. The van der Waals surface area contributed by atoms with Gasteiger partial charge in [-0.05, 0) is 38.1 Å². The van der Waals surface area contributed by atoms with Crippen LogP contribution >= 0.6 is 0 Å². The number of sulfone groups is 1. The first-order valence-corrected chi connectivity index (χ1v) is 11.3. The van der Waals surface area contributed by atoms with Crippen molar-refractivity contribution in [3.8, 4) is 5.75 Å². The van der Waals surface area contributed by atoms with Gasteiger partial charge in [-0.2, -0.15) is 26.3 Å². The van der Waals surface area contributed by atoms with Gasteiger partial charge < -0.3 is 10.1 Å². The van der Waals surface area contributed by atoms with Gasteiger partial charge in [-0.3, -0.25) is 0 Å². The van der Waals surface area contributed by atoms with Gasteiger partial charge in [0.1, 0.15) is 17.1 Å². The van der Waals surface area contributed by atoms with Crippen molar-refractivity contribution in [3.63, 3.8) is 0 Å². The molecule has 0 bridgehead atoms. The minimum atomic E-state index is -6.29. The van der Waals surface area contributed by atoms with E-state index < -0.39 is 50.0 Å². The molecule has 0 aromatic heterocycles. The van der Waals surface area contributed by atoms with Gasteiger partial charge in [0.25, 0.3) is 0 Å². The lowest BCUT2D eigenvalue weighted by Crippen LogP contribution is -2.53. The summed E-state index contributed by atoms with van der Waals surface area (Å²) in [5.41, 5.74) is -6.69. The molecule has 0 radical (unpaired) electrons. The molecule has 0 spiro atoms. The number of alkyl halides is 7. The summed E-state index contributed by atoms with van der Waals surface area (Å²) in [6.45, 7) is 1.64. The van der Waals surface area contributed by atoms with Crippen LogP contribution in [0.5, 0.6) is 5.75 Å². The highest BCUT2D eigenvalue weighted by molar-refractivity contribution is 7.92. The molecule has 2 aromatic rings. The second kappa shape index (κ2) is 7.33. The zero-order valence-electron chi connectivity index (χ0n) is 17.0. The SMILES string of the molecule is Cc1ccc(S(=O)(=O)C23CCNC2COc2cc(C(F)(C(F)(F)F)C(F)(F)F)ccc23)cc1. The molecule has 0 amide bonds. The lowest BCUT2D eigenvalue weighted by Gasteiger charge is -2.40. The van der Waals surface area contributed by atoms with Crippen LogP contribution in [0, 0.1) is 6.92 Å². The van der Waals surface area contributed by atoms with Crippen LogP contribution in [0.4, 0.5) is 30.7 Å². The minimum absolute atomic E-state index is 0.00287. The summed E-state index contributed by atoms with van der Waals surface area (Å²) in [4.78, 5) is -0.0517. The highest BCUT2D eigenvalue weighted by Gasteiger charge is 2.73. The number of nitrogens with one attached hydrogen (secondary N) is 1. The molecule has 1 saturated heterocycles. The third-order valence-corrected chi connectivity index (χ3v) is 8.84. The van der Waals surface area contributed by atoms with E-state index in [0.717, 1.165) is 11.6 Å². The Balaban J connectivity index is 1.92. The van der Waals surface area contributed by atoms with Crippen molar-refractivity contribution < 1.29 is 43.9 Å². The number of benzene rings is 2. The number of fused-ring (bicyclic) bond motifs is 3. The van der Waals surface area contributed by atoms with Crippen molar-refractivity contribution in [2.75, 3.05) is 13.2 Å². The Morgan fingerprint density at radius 2 is 1.58 bits per heavy atom. The van der Waals surface area contributed by atoms with Crippen LogP contribution in [-0.2, 0) is 20.3 Å². The predicted molar refractivity (Wildman–Crippen MR) is 103 cm³/mol. The first-order valence-electron chi connectivity index (χ1n) is 9.81. The van der Waals surface area contributed by atoms with Crippen LogP contribution in [-0.4, -0.2) is 40.0 Å². The van der Waals surface area contributed by atoms with Crippen molar-refractivity contribution in [2.45, 2.75) is 47.1 Å². The maximum Gasteiger partial charge on any atom is 0.435 e. The van der Waals surface area contributed by atoms with Crippen LogP contribution in [0.15, 0.2) is 47.4 Å². The number of hydrogen-bond donors (Lipinski definition) is 1. The van der Waals surface area contributed by atoms with Crippen LogP contribution in [0.3, 0.4) is 0 Å². The van der Waals surface area contributed by atoms with E-state index in [1.807, 2.05) is 0 Å². The molecule has 2 heterocycles. The quantitative estimate of drug-likeness (QED) is 0.625. The Kier molecular flexibility index (Phi) is 5.29. The molecule has 2 aliphatic rings. The molecule has 2 unspecified atom stereocenters. The van der Waals surface area contributed by atoms with Crippen LogP contribution < -0.4 is 10.1 Å². The molecule has 1 N–H and O–H groups in total. The van der Waals surface area contributed by atoms with Crippen molar-refractivity contribution in [3.05, 3.63) is 59.2 Å². The van der Waals surface area contributed by atoms with E-state index in [-0.39, 0.29) is 30.0 Å². The predicted octanol–water partition coefficient (Wildman–Crippen LogP) is 4.71. The van der Waals surface area contributed by atoms with Crippen molar-refractivity contribution in [1.82, 2.24) is 5.32 Å². The molecule has 2 aromatic carbocycles. The maximum atomic E-state index is 14.6. The number of aryl methyl sites for hydroxylation is 1. The summed E-state index contributed by atoms with van der Waals surface area (Å²) in [7, 11) is -4.18. The Morgan fingerprint density at radius 3 is 2.15 bits per heavy atom. The largest absolute Gasteiger partial charge is 0.492 e. The molecular formula is C21H18F7NO3S. The summed E-state index contributed by atoms with van der Waals surface area (Å²) < 4.78 is 125. The molecule has 0 aliphatic carbocycles. The van der Waals surface area contributed by atoms with Gasteiger partial charge in [-0.25, -0.2) is 12.8 Å². The van der Waals surface area contributed by atoms with Gasteiger partial charge in [0.15, 0.2) is 9.84 Å². The zero-order valence-corrected chi connectivity index (χ0v) is 17.8. The van der Waals surface area contributed by atoms with E-state index in [4.69, 9.17) is 4.74 Å². The second-order valence-electron chi connectivity index (χ2n) is 8.14. The molecule has 33 heavy (non-hydrogen) atoms. The summed E-state index contributed by atoms with van der Waals surface area (Å²) in [5, 5.41) is 2.98. The van der Waals surface area contributed by atoms with Crippen LogP contribution in [0.1, 0.15) is 23.1 Å². The standard InChI is InChI=1S/C21H18F7NO3S/c1-12-2-5-14(6-3-12)33(30,31)18-8-9-29-17(18)11-32-16-10-13(4-7-15(16)18)19(22,20(23,24)25)21(26,27)28/h2-7,10,17,29H,8-9,11H2,1H3. The summed E-state index contributed by atoms with van der Waals surface area (Å²) in [6.07, 6.45) is -12.6. The average Bonchev–Trinajstić information content (AvgIpc) is 3.17. The Morgan fingerprint density at radius 1 is 0.970 bits per heavy atom. The Bertz CT molecular complexity index is 1160. The van der Waals surface area contributed by atoms with Crippen molar-refractivity contribution in [1.29, 1.82) is 0 Å². The fourth-order valence-electron chi connectivity index (χ4n) is 4.55. The monoisotopic (exact) mass is 497 g/mol. The average molecular weight is 497 g/mol. The highest BCUT2D eigenvalue weighted by atomic mass is 32.2. The van der Waals surface area contributed by atoms with Gasteiger partial charge in [0, 0.05) is 11.1 Å². The normalized spacial score (nSPS) is 23.6. The van der Waals surface area contributed by atoms with Gasteiger partial charge >= 0.3 is 18.0 Å². The number of halogens is 7. The topological polar surface area (TPSA) is 55.4 Å². The zero-order chi connectivity index (χ0) is 24.4. The fourth-order valence-corrected chi connectivity index (χ4v) is 6.82. The molecule has 1 fully saturated rings. The molecular weight excluding hydrogens is 479 g/mol. The Hall–Kier alpha value is -2.34. The first-order chi connectivity index (χ1) is 15.2. The fraction of sp³-hybridized carbons (Fsp3) is 0.429. The Labute approximate surface area is 184 Å². The van der Waals surface area contributed by atoms with E-state index in [1.165, 1.54) is 12.1 Å². The van der Waals surface area contributed by atoms with Crippen LogP contribution in [0.2, 0.25) is 0 Å². The lowest BCUT2D eigenvalue weighted by atomic mass is 9.85. The maximum absolute atomic E-state index is 14.6. The minimum Gasteiger partial charge on any atom is -0.492 e. The number of ether oxygens (including phenoxy) is 1. The highest BCUT2D eigenvalue weighted by Crippen LogP contribution is 2.56. The van der Waals surface area contributed by atoms with Gasteiger partial charge in [-0.1, -0.05) is 29.8 Å². The van der Waals surface area contributed by atoms with E-state index in [2.05, 4.69) is 5.32 Å². The third-order valence-electron chi connectivity index (χ3n) is 6.28. The van der Waals surface area contributed by atoms with Gasteiger partial charge in [0.2, 0.25) is 0 Å². The molecule has 180 valence electrons. The van der Waals surface area contributed by atoms with E-state index in [1.54, 1.807) is 19.1 Å². The van der Waals surface area contributed by atoms with E-state index in [0.29, 0.717) is 12.1 Å². The summed E-state index contributed by atoms with van der Waals surface area (Å²) >= 11 is 0. The lowest BCUT2D eigenvalue weighted by molar-refractivity contribution is -0.348. The number of rotatable bonds is 3. The van der Waals surface area contributed by atoms with Crippen molar-refractivity contribution in [2.24, 2.45) is 0 Å². The van der Waals surface area contributed by atoms with E-state index in [9.17, 15) is 39.2 Å². The molecule has 12 heteroatoms. The van der Waals surface area contributed by atoms with E-state index >= 15 is 0 Å². The molecule has 2 aliphatic heterocycles. The summed E-state index contributed by atoms with van der Waals surface area (Å²) in [5.74, 6) is -0.529. The van der Waals surface area contributed by atoms with Crippen molar-refractivity contribution >= 4 is 9.84 Å². The molecule has 4 rings (SSSR count). The van der Waals surface area contributed by atoms with Gasteiger partial charge in [0.05, 0.1) is 10.9 Å². The van der Waals surface area contributed by atoms with Gasteiger partial charge in [-0.15, -0.1) is 0 Å². The first kappa shape index (κ1) is 23.8. The summed E-state index contributed by atoms with van der Waals surface area (Å²) in [6, 6.07) is 6.55. The third kappa shape index (κ3) is 3.24. The number of hydrogen-bond acceptors (Lipinski definition) is 4. The molecule has 2 atom stereocenters. The second-order valence-corrected chi connectivity index (χ2v) is 10.3. The smallest absolute Gasteiger partial charge is 0.435 e.